The summed E-state index contributed by atoms with van der Waals surface area (Å²) in [7, 11) is 0. The predicted molar refractivity (Wildman–Crippen MR) is 101 cm³/mol. The highest BCUT2D eigenvalue weighted by atomic mass is 16.5. The van der Waals surface area contributed by atoms with Gasteiger partial charge in [0.05, 0.1) is 6.61 Å². The third-order valence-corrected chi connectivity index (χ3v) is 5.53. The number of nitrogens with zero attached hydrogens (tertiary/aromatic N) is 1. The Bertz CT molecular complexity index is 683. The second-order valence-electron chi connectivity index (χ2n) is 7.88. The number of carbonyl (C=O) groups is 2. The maximum atomic E-state index is 12.5. The van der Waals surface area contributed by atoms with Gasteiger partial charge in [-0.3, -0.25) is 9.59 Å². The fraction of sp³-hybridized carbons (Fsp3) is 0.619. The molecule has 1 aliphatic carbocycles. The first-order valence-corrected chi connectivity index (χ1v) is 10.1. The molecule has 1 aromatic carbocycles. The Labute approximate surface area is 160 Å². The lowest BCUT2D eigenvalue weighted by Gasteiger charge is -2.34. The Kier molecular flexibility index (Phi) is 5.62. The molecule has 3 fully saturated rings. The number of hydrogen-bond acceptors (Lipinski definition) is 4. The van der Waals surface area contributed by atoms with E-state index < -0.39 is 0 Å². The minimum absolute atomic E-state index is 0.0334. The summed E-state index contributed by atoms with van der Waals surface area (Å²) in [6.45, 7) is 2.79. The van der Waals surface area contributed by atoms with E-state index in [4.69, 9.17) is 9.47 Å². The van der Waals surface area contributed by atoms with Crippen LogP contribution in [0.2, 0.25) is 0 Å². The van der Waals surface area contributed by atoms with Crippen molar-refractivity contribution in [3.05, 3.63) is 29.8 Å². The summed E-state index contributed by atoms with van der Waals surface area (Å²) in [5.41, 5.74) is 0.637. The molecular formula is C21H28N2O4. The Morgan fingerprint density at radius 3 is 2.85 bits per heavy atom. The number of benzene rings is 1. The van der Waals surface area contributed by atoms with Crippen LogP contribution in [0.1, 0.15) is 48.9 Å². The van der Waals surface area contributed by atoms with E-state index in [-0.39, 0.29) is 17.9 Å². The number of carbonyl (C=O) groups excluding carboxylic acids is 2. The van der Waals surface area contributed by atoms with Crippen molar-refractivity contribution in [3.8, 4) is 5.75 Å². The van der Waals surface area contributed by atoms with Crippen LogP contribution >= 0.6 is 0 Å². The third-order valence-electron chi connectivity index (χ3n) is 5.53. The molecule has 2 amide bonds. The molecule has 1 saturated carbocycles. The van der Waals surface area contributed by atoms with Crippen LogP contribution in [0.15, 0.2) is 24.3 Å². The molecule has 2 saturated heterocycles. The van der Waals surface area contributed by atoms with Crippen molar-refractivity contribution >= 4 is 11.8 Å². The first kappa shape index (κ1) is 18.3. The molecule has 1 N–H and O–H groups in total. The molecule has 3 aliphatic rings. The first-order chi connectivity index (χ1) is 13.2. The van der Waals surface area contributed by atoms with Gasteiger partial charge in [-0.05, 0) is 56.7 Å². The first-order valence-electron chi connectivity index (χ1n) is 10.1. The van der Waals surface area contributed by atoms with Gasteiger partial charge >= 0.3 is 0 Å². The summed E-state index contributed by atoms with van der Waals surface area (Å²) in [6, 6.07) is 7.69. The summed E-state index contributed by atoms with van der Waals surface area (Å²) in [5.74, 6) is 1.12. The molecule has 4 rings (SSSR count). The second-order valence-corrected chi connectivity index (χ2v) is 7.88. The topological polar surface area (TPSA) is 67.9 Å². The number of piperidine rings is 1. The number of rotatable bonds is 6. The summed E-state index contributed by atoms with van der Waals surface area (Å²) < 4.78 is 11.5. The smallest absolute Gasteiger partial charge is 0.251 e. The Hall–Kier alpha value is -2.08. The molecule has 2 heterocycles. The van der Waals surface area contributed by atoms with E-state index in [1.165, 1.54) is 0 Å². The lowest BCUT2D eigenvalue weighted by molar-refractivity contribution is -0.143. The number of ether oxygens (including phenoxy) is 2. The maximum absolute atomic E-state index is 12.5. The monoisotopic (exact) mass is 372 g/mol. The van der Waals surface area contributed by atoms with E-state index in [2.05, 4.69) is 5.32 Å². The maximum Gasteiger partial charge on any atom is 0.251 e. The molecule has 0 radical (unpaired) electrons. The number of likely N-dealkylation sites (tertiary alicyclic amines) is 1. The van der Waals surface area contributed by atoms with Gasteiger partial charge in [-0.15, -0.1) is 0 Å². The predicted octanol–water partition coefficient (Wildman–Crippen LogP) is 2.38. The average Bonchev–Trinajstić information content (AvgIpc) is 3.34. The van der Waals surface area contributed by atoms with E-state index in [0.29, 0.717) is 36.5 Å². The molecule has 27 heavy (non-hydrogen) atoms. The lowest BCUT2D eigenvalue weighted by atomic mass is 9.98. The van der Waals surface area contributed by atoms with Crippen molar-refractivity contribution < 1.29 is 19.1 Å². The fourth-order valence-electron chi connectivity index (χ4n) is 3.81. The molecule has 146 valence electrons. The Morgan fingerprint density at radius 1 is 1.19 bits per heavy atom. The van der Waals surface area contributed by atoms with Crippen LogP contribution < -0.4 is 10.1 Å². The van der Waals surface area contributed by atoms with Gasteiger partial charge in [-0.2, -0.15) is 0 Å². The molecule has 0 spiro atoms. The summed E-state index contributed by atoms with van der Waals surface area (Å²) >= 11 is 0. The van der Waals surface area contributed by atoms with Crippen LogP contribution in [-0.2, 0) is 9.53 Å². The SMILES string of the molecule is O=C(NC1CC1)c1cccc(OC[C@H]2CCCN(C(=O)[C@H]3CCCO3)C2)c1. The van der Waals surface area contributed by atoms with Crippen molar-refractivity contribution in [2.24, 2.45) is 5.92 Å². The number of nitrogens with one attached hydrogen (secondary N) is 1. The fourth-order valence-corrected chi connectivity index (χ4v) is 3.81. The Balaban J connectivity index is 1.29. The zero-order valence-electron chi connectivity index (χ0n) is 15.7. The van der Waals surface area contributed by atoms with Gasteiger partial charge in [0.15, 0.2) is 0 Å². The minimum atomic E-state index is -0.244. The van der Waals surface area contributed by atoms with E-state index in [1.807, 2.05) is 23.1 Å². The molecule has 0 aromatic heterocycles. The molecule has 6 nitrogen and oxygen atoms in total. The van der Waals surface area contributed by atoms with Gasteiger partial charge in [-0.25, -0.2) is 0 Å². The van der Waals surface area contributed by atoms with Crippen LogP contribution in [0, 0.1) is 5.92 Å². The van der Waals surface area contributed by atoms with E-state index >= 15 is 0 Å². The van der Waals surface area contributed by atoms with Crippen molar-refractivity contribution in [2.45, 2.75) is 50.7 Å². The highest BCUT2D eigenvalue weighted by Crippen LogP contribution is 2.23. The van der Waals surface area contributed by atoms with E-state index in [9.17, 15) is 9.59 Å². The van der Waals surface area contributed by atoms with E-state index in [1.54, 1.807) is 6.07 Å². The van der Waals surface area contributed by atoms with Crippen LogP contribution in [0.5, 0.6) is 5.75 Å². The Morgan fingerprint density at radius 2 is 2.07 bits per heavy atom. The zero-order chi connectivity index (χ0) is 18.6. The van der Waals surface area contributed by atoms with Crippen LogP contribution in [0.25, 0.3) is 0 Å². The van der Waals surface area contributed by atoms with Crippen molar-refractivity contribution in [2.75, 3.05) is 26.3 Å². The van der Waals surface area contributed by atoms with Crippen molar-refractivity contribution in [1.29, 1.82) is 0 Å². The van der Waals surface area contributed by atoms with E-state index in [0.717, 1.165) is 51.6 Å². The summed E-state index contributed by atoms with van der Waals surface area (Å²) in [6.07, 6.45) is 5.77. The van der Waals surface area contributed by atoms with Gasteiger partial charge in [0.2, 0.25) is 0 Å². The van der Waals surface area contributed by atoms with Crippen molar-refractivity contribution in [1.82, 2.24) is 10.2 Å². The van der Waals surface area contributed by atoms with Crippen LogP contribution in [-0.4, -0.2) is 55.2 Å². The minimum Gasteiger partial charge on any atom is -0.493 e. The molecule has 2 atom stereocenters. The average molecular weight is 372 g/mol. The number of amides is 2. The lowest BCUT2D eigenvalue weighted by Crippen LogP contribution is -2.45. The highest BCUT2D eigenvalue weighted by Gasteiger charge is 2.31. The van der Waals surface area contributed by atoms with Gasteiger partial charge in [0, 0.05) is 37.2 Å². The standard InChI is InChI=1S/C21H28N2O4/c24-20(22-17-8-9-17)16-5-1-6-18(12-16)27-14-15-4-2-10-23(13-15)21(25)19-7-3-11-26-19/h1,5-6,12,15,17,19H,2-4,7-11,13-14H2,(H,22,24)/t15-,19+/m0/s1. The molecule has 2 aliphatic heterocycles. The second kappa shape index (κ2) is 8.30. The van der Waals surface area contributed by atoms with Crippen LogP contribution in [0.3, 0.4) is 0 Å². The normalized spacial score (nSPS) is 25.3. The molecule has 1 aromatic rings. The largest absolute Gasteiger partial charge is 0.493 e. The number of hydrogen-bond donors (Lipinski definition) is 1. The molecule has 0 bridgehead atoms. The zero-order valence-corrected chi connectivity index (χ0v) is 15.7. The van der Waals surface area contributed by atoms with Gasteiger partial charge in [0.25, 0.3) is 11.8 Å². The quantitative estimate of drug-likeness (QED) is 0.833. The summed E-state index contributed by atoms with van der Waals surface area (Å²) in [5, 5.41) is 3.00. The molecular weight excluding hydrogens is 344 g/mol. The van der Waals surface area contributed by atoms with Gasteiger partial charge < -0.3 is 19.7 Å². The van der Waals surface area contributed by atoms with Crippen molar-refractivity contribution in [3.63, 3.8) is 0 Å². The molecule has 0 unspecified atom stereocenters. The third kappa shape index (κ3) is 4.80. The van der Waals surface area contributed by atoms with Gasteiger partial charge in [-0.1, -0.05) is 6.07 Å². The van der Waals surface area contributed by atoms with Crippen LogP contribution in [0.4, 0.5) is 0 Å². The summed E-state index contributed by atoms with van der Waals surface area (Å²) in [4.78, 5) is 26.7. The van der Waals surface area contributed by atoms with Gasteiger partial charge in [0.1, 0.15) is 11.9 Å². The highest BCUT2D eigenvalue weighted by molar-refractivity contribution is 5.94. The molecule has 6 heteroatoms.